The van der Waals surface area contributed by atoms with Gasteiger partial charge in [0.05, 0.1) is 5.69 Å². The predicted molar refractivity (Wildman–Crippen MR) is 85.8 cm³/mol. The summed E-state index contributed by atoms with van der Waals surface area (Å²) < 4.78 is 0. The van der Waals surface area contributed by atoms with E-state index in [9.17, 15) is 0 Å². The zero-order valence-corrected chi connectivity index (χ0v) is 12.9. The van der Waals surface area contributed by atoms with E-state index >= 15 is 0 Å². The number of nitrogens with zero attached hydrogens (tertiary/aromatic N) is 3. The molecule has 0 saturated carbocycles. The van der Waals surface area contributed by atoms with E-state index in [1.807, 2.05) is 6.92 Å². The molecule has 0 spiro atoms. The number of benzene rings is 1. The molecule has 1 atom stereocenters. The second kappa shape index (κ2) is 5.45. The third-order valence-corrected chi connectivity index (χ3v) is 4.52. The quantitative estimate of drug-likeness (QED) is 0.920. The lowest BCUT2D eigenvalue weighted by Crippen LogP contribution is -2.35. The SMILES string of the molecule is Cc1nnc(N2c3ccccc3CCC2C)c(CN)c1C. The van der Waals surface area contributed by atoms with E-state index in [-0.39, 0.29) is 0 Å². The number of aryl methyl sites for hydroxylation is 2. The van der Waals surface area contributed by atoms with Crippen LogP contribution in [-0.2, 0) is 13.0 Å². The maximum absolute atomic E-state index is 6.00. The van der Waals surface area contributed by atoms with Crippen LogP contribution in [0.5, 0.6) is 0 Å². The Bertz CT molecular complexity index is 666. The standard InChI is InChI=1S/C17H22N4/c1-11-8-9-14-6-4-5-7-16(14)21(11)17-15(10-18)12(2)13(3)19-20-17/h4-7,11H,8-10,18H2,1-3H3. The summed E-state index contributed by atoms with van der Waals surface area (Å²) in [7, 11) is 0. The van der Waals surface area contributed by atoms with Crippen LogP contribution in [0, 0.1) is 13.8 Å². The molecule has 0 amide bonds. The van der Waals surface area contributed by atoms with Gasteiger partial charge in [0.1, 0.15) is 0 Å². The van der Waals surface area contributed by atoms with Gasteiger partial charge < -0.3 is 10.6 Å². The average molecular weight is 282 g/mol. The second-order valence-corrected chi connectivity index (χ2v) is 5.80. The minimum atomic E-state index is 0.404. The minimum absolute atomic E-state index is 0.404. The van der Waals surface area contributed by atoms with E-state index in [1.54, 1.807) is 0 Å². The van der Waals surface area contributed by atoms with Crippen LogP contribution in [0.3, 0.4) is 0 Å². The lowest BCUT2D eigenvalue weighted by molar-refractivity contribution is 0.607. The van der Waals surface area contributed by atoms with Crippen LogP contribution in [0.2, 0.25) is 0 Å². The fraction of sp³-hybridized carbons (Fsp3) is 0.412. The number of anilines is 2. The molecule has 21 heavy (non-hydrogen) atoms. The summed E-state index contributed by atoms with van der Waals surface area (Å²) in [5, 5.41) is 8.80. The molecule has 0 fully saturated rings. The van der Waals surface area contributed by atoms with Gasteiger partial charge >= 0.3 is 0 Å². The van der Waals surface area contributed by atoms with Crippen LogP contribution in [0.15, 0.2) is 24.3 Å². The molecule has 3 rings (SSSR count). The Morgan fingerprint density at radius 3 is 2.76 bits per heavy atom. The summed E-state index contributed by atoms with van der Waals surface area (Å²) >= 11 is 0. The fourth-order valence-corrected chi connectivity index (χ4v) is 3.09. The van der Waals surface area contributed by atoms with Crippen LogP contribution in [0.25, 0.3) is 0 Å². The topological polar surface area (TPSA) is 55.0 Å². The molecular formula is C17H22N4. The van der Waals surface area contributed by atoms with Crippen molar-refractivity contribution in [3.05, 3.63) is 46.6 Å². The van der Waals surface area contributed by atoms with Gasteiger partial charge in [-0.2, -0.15) is 5.10 Å². The summed E-state index contributed by atoms with van der Waals surface area (Å²) in [6.07, 6.45) is 2.24. The van der Waals surface area contributed by atoms with Gasteiger partial charge in [-0.1, -0.05) is 18.2 Å². The third kappa shape index (κ3) is 2.29. The van der Waals surface area contributed by atoms with Gasteiger partial charge in [0.25, 0.3) is 0 Å². The molecule has 2 N–H and O–H groups in total. The van der Waals surface area contributed by atoms with Crippen molar-refractivity contribution >= 4 is 11.5 Å². The Balaban J connectivity index is 2.18. The molecule has 1 unspecified atom stereocenters. The zero-order valence-electron chi connectivity index (χ0n) is 12.9. The highest BCUT2D eigenvalue weighted by molar-refractivity contribution is 5.69. The Hall–Kier alpha value is -1.94. The number of nitrogens with two attached hydrogens (primary N) is 1. The summed E-state index contributed by atoms with van der Waals surface area (Å²) in [6.45, 7) is 6.80. The molecule has 1 aliphatic heterocycles. The van der Waals surface area contributed by atoms with Gasteiger partial charge in [-0.05, 0) is 50.8 Å². The predicted octanol–water partition coefficient (Wildman–Crippen LogP) is 3.02. The number of fused-ring (bicyclic) bond motifs is 1. The Morgan fingerprint density at radius 2 is 2.00 bits per heavy atom. The van der Waals surface area contributed by atoms with Crippen molar-refractivity contribution < 1.29 is 0 Å². The average Bonchev–Trinajstić information content (AvgIpc) is 2.50. The smallest absolute Gasteiger partial charge is 0.160 e. The van der Waals surface area contributed by atoms with Crippen molar-refractivity contribution in [3.63, 3.8) is 0 Å². The molecule has 4 nitrogen and oxygen atoms in total. The highest BCUT2D eigenvalue weighted by Gasteiger charge is 2.27. The first-order chi connectivity index (χ1) is 10.1. The molecule has 1 aromatic heterocycles. The largest absolute Gasteiger partial charge is 0.326 e. The molecule has 1 aromatic carbocycles. The van der Waals surface area contributed by atoms with Gasteiger partial charge in [0.2, 0.25) is 0 Å². The molecule has 0 aliphatic carbocycles. The second-order valence-electron chi connectivity index (χ2n) is 5.80. The summed E-state index contributed by atoms with van der Waals surface area (Å²) in [5.41, 5.74) is 11.8. The normalized spacial score (nSPS) is 17.7. The van der Waals surface area contributed by atoms with Crippen molar-refractivity contribution in [1.82, 2.24) is 10.2 Å². The summed E-state index contributed by atoms with van der Waals surface area (Å²) in [5.74, 6) is 0.917. The molecular weight excluding hydrogens is 260 g/mol. The highest BCUT2D eigenvalue weighted by atomic mass is 15.3. The van der Waals surface area contributed by atoms with Crippen molar-refractivity contribution in [2.24, 2.45) is 5.73 Å². The number of aromatic nitrogens is 2. The minimum Gasteiger partial charge on any atom is -0.326 e. The molecule has 4 heteroatoms. The van der Waals surface area contributed by atoms with Crippen molar-refractivity contribution in [1.29, 1.82) is 0 Å². The van der Waals surface area contributed by atoms with E-state index in [4.69, 9.17) is 5.73 Å². The van der Waals surface area contributed by atoms with Gasteiger partial charge in [-0.15, -0.1) is 5.10 Å². The van der Waals surface area contributed by atoms with Gasteiger partial charge in [-0.25, -0.2) is 0 Å². The van der Waals surface area contributed by atoms with E-state index in [0.717, 1.165) is 35.5 Å². The molecule has 2 heterocycles. The molecule has 0 bridgehead atoms. The first-order valence-electron chi connectivity index (χ1n) is 7.53. The summed E-state index contributed by atoms with van der Waals surface area (Å²) in [4.78, 5) is 2.31. The van der Waals surface area contributed by atoms with Crippen molar-refractivity contribution in [3.8, 4) is 0 Å². The van der Waals surface area contributed by atoms with Crippen LogP contribution < -0.4 is 10.6 Å². The molecule has 1 aliphatic rings. The fourth-order valence-electron chi connectivity index (χ4n) is 3.09. The van der Waals surface area contributed by atoms with Gasteiger partial charge in [-0.3, -0.25) is 0 Å². The zero-order chi connectivity index (χ0) is 15.0. The van der Waals surface area contributed by atoms with Crippen molar-refractivity contribution in [2.75, 3.05) is 4.90 Å². The van der Waals surface area contributed by atoms with E-state index < -0.39 is 0 Å². The lowest BCUT2D eigenvalue weighted by Gasteiger charge is -2.37. The summed E-state index contributed by atoms with van der Waals surface area (Å²) in [6, 6.07) is 8.96. The Kier molecular flexibility index (Phi) is 3.64. The van der Waals surface area contributed by atoms with E-state index in [0.29, 0.717) is 12.6 Å². The van der Waals surface area contributed by atoms with Crippen LogP contribution in [0.1, 0.15) is 35.7 Å². The monoisotopic (exact) mass is 282 g/mol. The first-order valence-corrected chi connectivity index (χ1v) is 7.53. The van der Waals surface area contributed by atoms with Gasteiger partial charge in [0.15, 0.2) is 5.82 Å². The molecule has 0 radical (unpaired) electrons. The first kappa shape index (κ1) is 14.0. The van der Waals surface area contributed by atoms with E-state index in [2.05, 4.69) is 53.2 Å². The van der Waals surface area contributed by atoms with Crippen LogP contribution >= 0.6 is 0 Å². The molecule has 0 saturated heterocycles. The van der Waals surface area contributed by atoms with Crippen LogP contribution in [0.4, 0.5) is 11.5 Å². The maximum Gasteiger partial charge on any atom is 0.160 e. The van der Waals surface area contributed by atoms with E-state index in [1.165, 1.54) is 11.3 Å². The maximum atomic E-state index is 6.00. The number of rotatable bonds is 2. The van der Waals surface area contributed by atoms with Crippen molar-refractivity contribution in [2.45, 2.75) is 46.2 Å². The third-order valence-electron chi connectivity index (χ3n) is 4.52. The van der Waals surface area contributed by atoms with Crippen LogP contribution in [-0.4, -0.2) is 16.2 Å². The molecule has 110 valence electrons. The van der Waals surface area contributed by atoms with Gasteiger partial charge in [0, 0.05) is 23.8 Å². The Labute approximate surface area is 126 Å². The number of hydrogen-bond donors (Lipinski definition) is 1. The number of hydrogen-bond acceptors (Lipinski definition) is 4. The molecule has 2 aromatic rings. The lowest BCUT2D eigenvalue weighted by atomic mass is 9.95. The highest BCUT2D eigenvalue weighted by Crippen LogP contribution is 2.37. The Morgan fingerprint density at radius 1 is 1.24 bits per heavy atom. The number of para-hydroxylation sites is 1.